The molecule has 0 aliphatic rings. The number of amides is 1. The second-order valence-corrected chi connectivity index (χ2v) is 6.23. The van der Waals surface area contributed by atoms with Crippen molar-refractivity contribution in [3.05, 3.63) is 52.2 Å². The first kappa shape index (κ1) is 17.0. The molecule has 0 bridgehead atoms. The van der Waals surface area contributed by atoms with Crippen molar-refractivity contribution in [2.75, 3.05) is 32.1 Å². The number of rotatable bonds is 7. The molecule has 2 rings (SSSR count). The smallest absolute Gasteiger partial charge is 0.338 e. The van der Waals surface area contributed by atoms with Crippen LogP contribution in [0.1, 0.15) is 15.2 Å². The third-order valence-corrected chi connectivity index (χ3v) is 4.16. The Morgan fingerprint density at radius 3 is 2.52 bits per heavy atom. The molecule has 5 nitrogen and oxygen atoms in total. The summed E-state index contributed by atoms with van der Waals surface area (Å²) in [6.45, 7) is 0.271. The number of hydrogen-bond donors (Lipinski definition) is 1. The number of nitrogens with zero attached hydrogens (tertiary/aromatic N) is 1. The van der Waals surface area contributed by atoms with Crippen molar-refractivity contribution in [2.24, 2.45) is 0 Å². The van der Waals surface area contributed by atoms with Gasteiger partial charge in [0.25, 0.3) is 5.91 Å². The first-order chi connectivity index (χ1) is 11.1. The zero-order valence-corrected chi connectivity index (χ0v) is 14.1. The van der Waals surface area contributed by atoms with Crippen LogP contribution in [0.3, 0.4) is 0 Å². The largest absolute Gasteiger partial charge is 0.452 e. The van der Waals surface area contributed by atoms with E-state index in [0.717, 1.165) is 12.1 Å². The van der Waals surface area contributed by atoms with E-state index in [9.17, 15) is 9.59 Å². The molecular formula is C17H20N2O3S. The number of esters is 1. The third-order valence-electron chi connectivity index (χ3n) is 3.23. The van der Waals surface area contributed by atoms with E-state index < -0.39 is 5.97 Å². The number of carbonyl (C=O) groups excluding carboxylic acids is 2. The van der Waals surface area contributed by atoms with E-state index in [0.29, 0.717) is 12.1 Å². The molecule has 0 atom stereocenters. The van der Waals surface area contributed by atoms with Crippen molar-refractivity contribution >= 4 is 28.9 Å². The molecule has 1 N–H and O–H groups in total. The number of ether oxygens (including phenoxy) is 1. The fourth-order valence-electron chi connectivity index (χ4n) is 1.94. The monoisotopic (exact) mass is 332 g/mol. The molecule has 2 aromatic rings. The third kappa shape index (κ3) is 5.41. The van der Waals surface area contributed by atoms with Crippen LogP contribution >= 0.6 is 11.3 Å². The maximum Gasteiger partial charge on any atom is 0.338 e. The summed E-state index contributed by atoms with van der Waals surface area (Å²) in [6.07, 6.45) is 0.781. The number of thiophene rings is 1. The lowest BCUT2D eigenvalue weighted by Crippen LogP contribution is -2.30. The molecule has 0 radical (unpaired) electrons. The molecule has 23 heavy (non-hydrogen) atoms. The Kier molecular flexibility index (Phi) is 6.17. The summed E-state index contributed by atoms with van der Waals surface area (Å²) in [4.78, 5) is 26.7. The molecule has 0 aliphatic heterocycles. The topological polar surface area (TPSA) is 58.6 Å². The van der Waals surface area contributed by atoms with E-state index in [2.05, 4.69) is 5.32 Å². The van der Waals surface area contributed by atoms with Gasteiger partial charge in [0.05, 0.1) is 5.56 Å². The van der Waals surface area contributed by atoms with Crippen molar-refractivity contribution in [1.82, 2.24) is 5.32 Å². The molecule has 1 amide bonds. The fraction of sp³-hybridized carbons (Fsp3) is 0.294. The van der Waals surface area contributed by atoms with Gasteiger partial charge in [0.1, 0.15) is 0 Å². The van der Waals surface area contributed by atoms with Gasteiger partial charge in [0.15, 0.2) is 6.61 Å². The van der Waals surface area contributed by atoms with Crippen LogP contribution in [-0.4, -0.2) is 39.1 Å². The van der Waals surface area contributed by atoms with Crippen molar-refractivity contribution in [3.8, 4) is 0 Å². The van der Waals surface area contributed by atoms with Crippen LogP contribution in [0, 0.1) is 0 Å². The number of anilines is 1. The minimum absolute atomic E-state index is 0.265. The average molecular weight is 332 g/mol. The van der Waals surface area contributed by atoms with E-state index >= 15 is 0 Å². The van der Waals surface area contributed by atoms with Crippen LogP contribution in [0.25, 0.3) is 0 Å². The van der Waals surface area contributed by atoms with E-state index in [1.807, 2.05) is 48.6 Å². The molecule has 6 heteroatoms. The highest BCUT2D eigenvalue weighted by molar-refractivity contribution is 7.09. The first-order valence-corrected chi connectivity index (χ1v) is 8.18. The van der Waals surface area contributed by atoms with Gasteiger partial charge in [0.2, 0.25) is 0 Å². The van der Waals surface area contributed by atoms with Gasteiger partial charge in [-0.1, -0.05) is 6.07 Å². The summed E-state index contributed by atoms with van der Waals surface area (Å²) in [6, 6.07) is 11.0. The van der Waals surface area contributed by atoms with Crippen molar-refractivity contribution in [2.45, 2.75) is 6.42 Å². The van der Waals surface area contributed by atoms with Gasteiger partial charge in [-0.05, 0) is 42.1 Å². The summed E-state index contributed by atoms with van der Waals surface area (Å²) < 4.78 is 5.02. The quantitative estimate of drug-likeness (QED) is 0.791. The van der Waals surface area contributed by atoms with Gasteiger partial charge in [-0.3, -0.25) is 4.79 Å². The van der Waals surface area contributed by atoms with Gasteiger partial charge < -0.3 is 15.0 Å². The molecule has 0 saturated heterocycles. The van der Waals surface area contributed by atoms with Crippen molar-refractivity contribution in [3.63, 3.8) is 0 Å². The van der Waals surface area contributed by atoms with Gasteiger partial charge in [-0.2, -0.15) is 0 Å². The zero-order valence-electron chi connectivity index (χ0n) is 13.2. The highest BCUT2D eigenvalue weighted by atomic mass is 32.1. The fourth-order valence-corrected chi connectivity index (χ4v) is 2.65. The number of benzene rings is 1. The second kappa shape index (κ2) is 8.33. The minimum Gasteiger partial charge on any atom is -0.452 e. The van der Waals surface area contributed by atoms with Crippen LogP contribution in [0.4, 0.5) is 5.69 Å². The number of nitrogens with one attached hydrogen (secondary N) is 1. The molecule has 0 saturated carbocycles. The summed E-state index contributed by atoms with van der Waals surface area (Å²) in [5.74, 6) is -0.788. The number of hydrogen-bond acceptors (Lipinski definition) is 5. The minimum atomic E-state index is -0.497. The lowest BCUT2D eigenvalue weighted by atomic mass is 10.2. The summed E-state index contributed by atoms with van der Waals surface area (Å²) in [5.41, 5.74) is 1.43. The van der Waals surface area contributed by atoms with Gasteiger partial charge in [-0.15, -0.1) is 11.3 Å². The summed E-state index contributed by atoms with van der Waals surface area (Å²) in [7, 11) is 3.85. The maximum atomic E-state index is 11.9. The molecule has 0 unspecified atom stereocenters. The molecule has 1 aromatic carbocycles. The molecule has 1 heterocycles. The molecule has 0 fully saturated rings. The van der Waals surface area contributed by atoms with Gasteiger partial charge in [-0.25, -0.2) is 4.79 Å². The molecule has 122 valence electrons. The summed E-state index contributed by atoms with van der Waals surface area (Å²) in [5, 5.41) is 4.74. The first-order valence-electron chi connectivity index (χ1n) is 7.30. The predicted molar refractivity (Wildman–Crippen MR) is 92.1 cm³/mol. The molecular weight excluding hydrogens is 312 g/mol. The highest BCUT2D eigenvalue weighted by Crippen LogP contribution is 2.13. The molecule has 0 spiro atoms. The Morgan fingerprint density at radius 1 is 1.17 bits per heavy atom. The number of carbonyl (C=O) groups is 2. The lowest BCUT2D eigenvalue weighted by molar-refractivity contribution is -0.124. The lowest BCUT2D eigenvalue weighted by Gasteiger charge is -2.12. The van der Waals surface area contributed by atoms with E-state index in [4.69, 9.17) is 4.74 Å². The van der Waals surface area contributed by atoms with Crippen molar-refractivity contribution in [1.29, 1.82) is 0 Å². The summed E-state index contributed by atoms with van der Waals surface area (Å²) >= 11 is 1.65. The van der Waals surface area contributed by atoms with E-state index in [1.54, 1.807) is 23.5 Å². The van der Waals surface area contributed by atoms with E-state index in [1.165, 1.54) is 4.88 Å². The van der Waals surface area contributed by atoms with Crippen LogP contribution in [0.2, 0.25) is 0 Å². The SMILES string of the molecule is CN(C)c1ccc(C(=O)OCC(=O)NCCc2cccs2)cc1. The predicted octanol–water partition coefficient (Wildman–Crippen LogP) is 2.33. The molecule has 1 aromatic heterocycles. The van der Waals surface area contributed by atoms with Crippen LogP contribution in [0.15, 0.2) is 41.8 Å². The highest BCUT2D eigenvalue weighted by Gasteiger charge is 2.10. The average Bonchev–Trinajstić information content (AvgIpc) is 3.06. The van der Waals surface area contributed by atoms with Gasteiger partial charge >= 0.3 is 5.97 Å². The second-order valence-electron chi connectivity index (χ2n) is 5.20. The van der Waals surface area contributed by atoms with Gasteiger partial charge in [0, 0.05) is 31.2 Å². The Balaban J connectivity index is 1.71. The van der Waals surface area contributed by atoms with E-state index in [-0.39, 0.29) is 12.5 Å². The Hall–Kier alpha value is -2.34. The van der Waals surface area contributed by atoms with Crippen molar-refractivity contribution < 1.29 is 14.3 Å². The maximum absolute atomic E-state index is 11.9. The van der Waals surface area contributed by atoms with Crippen LogP contribution in [0.5, 0.6) is 0 Å². The Bertz CT molecular complexity index is 636. The zero-order chi connectivity index (χ0) is 16.7. The normalized spacial score (nSPS) is 10.2. The van der Waals surface area contributed by atoms with Crippen LogP contribution < -0.4 is 10.2 Å². The Labute approximate surface area is 139 Å². The Morgan fingerprint density at radius 2 is 1.91 bits per heavy atom. The standard InChI is InChI=1S/C17H20N2O3S/c1-19(2)14-7-5-13(6-8-14)17(21)22-12-16(20)18-10-9-15-4-3-11-23-15/h3-8,11H,9-10,12H2,1-2H3,(H,18,20). The molecule has 0 aliphatic carbocycles. The van der Waals surface area contributed by atoms with Crippen LogP contribution in [-0.2, 0) is 16.0 Å².